The first-order valence-electron chi connectivity index (χ1n) is 18.3. The summed E-state index contributed by atoms with van der Waals surface area (Å²) in [6, 6.07) is 7.22. The Morgan fingerprint density at radius 1 is 0.740 bits per heavy atom. The number of fused-ring (bicyclic) bond motifs is 1. The summed E-state index contributed by atoms with van der Waals surface area (Å²) < 4.78 is 18.0. The Bertz CT molecular complexity index is 1380. The van der Waals surface area contributed by atoms with Crippen molar-refractivity contribution in [3.63, 3.8) is 0 Å². The average molecular weight is 695 g/mol. The fourth-order valence-electron chi connectivity index (χ4n) is 5.75. The molecule has 1 heterocycles. The smallest absolute Gasteiger partial charge is 0.251 e. The van der Waals surface area contributed by atoms with Crippen molar-refractivity contribution >= 4 is 34.8 Å². The van der Waals surface area contributed by atoms with Crippen LogP contribution < -0.4 is 5.32 Å². The van der Waals surface area contributed by atoms with Gasteiger partial charge in [0.2, 0.25) is 0 Å². The topological polar surface area (TPSA) is 137 Å². The van der Waals surface area contributed by atoms with E-state index in [0.717, 1.165) is 29.7 Å². The van der Waals surface area contributed by atoms with Crippen LogP contribution >= 0.6 is 0 Å². The number of carbonyl (C=O) groups excluding carboxylic acids is 5. The summed E-state index contributed by atoms with van der Waals surface area (Å²) in [4.78, 5) is 68.1. The van der Waals surface area contributed by atoms with Crippen molar-refractivity contribution < 1.29 is 38.2 Å². The third-order valence-electron chi connectivity index (χ3n) is 9.58. The molecule has 3 atom stereocenters. The van der Waals surface area contributed by atoms with E-state index in [1.807, 2.05) is 67.5 Å². The van der Waals surface area contributed by atoms with Gasteiger partial charge in [0.1, 0.15) is 22.9 Å². The van der Waals surface area contributed by atoms with Gasteiger partial charge in [0, 0.05) is 66.2 Å². The van der Waals surface area contributed by atoms with Crippen LogP contribution in [0.5, 0.6) is 0 Å². The molecular weight excluding hydrogens is 636 g/mol. The van der Waals surface area contributed by atoms with E-state index in [9.17, 15) is 24.0 Å². The Hall–Kier alpha value is -3.34. The maximum Gasteiger partial charge on any atom is 0.251 e. The Morgan fingerprint density at radius 2 is 1.24 bits per heavy atom. The summed E-state index contributed by atoms with van der Waals surface area (Å²) in [5.41, 5.74) is 1.86. The molecule has 0 radical (unpaired) electrons. The minimum Gasteiger partial charge on any atom is -0.378 e. The first-order chi connectivity index (χ1) is 23.7. The standard InChI is InChI=1S/C40H58N2O8/c1-9-28(8)36(45)16-19-50-24-40(22-48-17-14-34(43)25(2)3,23-49-18-15-35(44)26(4)5)42-39(47)30-12-10-29(11-13-30)37-32-20-31(32)33(21-41-37)38(46)27(6)7/h10-13,21,25-28,31-32H,9,14-20,22-24H2,1-8H3,(H,42,47). The predicted octanol–water partition coefficient (Wildman–Crippen LogP) is 5.99. The van der Waals surface area contributed by atoms with Gasteiger partial charge in [-0.05, 0) is 36.5 Å². The van der Waals surface area contributed by atoms with Gasteiger partial charge in [-0.25, -0.2) is 0 Å². The summed E-state index contributed by atoms with van der Waals surface area (Å²) in [6.45, 7) is 15.5. The predicted molar refractivity (Wildman–Crippen MR) is 193 cm³/mol. The van der Waals surface area contributed by atoms with Crippen LogP contribution in [0.2, 0.25) is 0 Å². The molecule has 276 valence electrons. The third kappa shape index (κ3) is 11.9. The van der Waals surface area contributed by atoms with Crippen molar-refractivity contribution in [2.24, 2.45) is 40.5 Å². The Morgan fingerprint density at radius 3 is 1.70 bits per heavy atom. The number of carbonyl (C=O) groups is 5. The van der Waals surface area contributed by atoms with Gasteiger partial charge in [0.25, 0.3) is 5.91 Å². The SMILES string of the molecule is CCC(C)C(=O)CCOCC(COCCC(=O)C(C)C)(COCCC(=O)C(C)C)NC(=O)c1ccc(C2=NC=C(C(=O)C(C)C)C3CC23)cc1. The number of hydrogen-bond donors (Lipinski definition) is 1. The number of rotatable bonds is 24. The maximum atomic E-state index is 13.8. The fourth-order valence-corrected chi connectivity index (χ4v) is 5.75. The van der Waals surface area contributed by atoms with E-state index < -0.39 is 5.54 Å². The number of amides is 1. The maximum absolute atomic E-state index is 13.8. The zero-order valence-corrected chi connectivity index (χ0v) is 31.3. The number of aliphatic imine (C=N–C) groups is 1. The normalized spacial score (nSPS) is 17.7. The first kappa shape index (κ1) is 41.1. The molecule has 50 heavy (non-hydrogen) atoms. The van der Waals surface area contributed by atoms with Gasteiger partial charge >= 0.3 is 0 Å². The Balaban J connectivity index is 1.79. The lowest BCUT2D eigenvalue weighted by Gasteiger charge is -2.34. The Kier molecular flexibility index (Phi) is 15.9. The molecule has 1 N–H and O–H groups in total. The van der Waals surface area contributed by atoms with Crippen molar-refractivity contribution in [2.75, 3.05) is 39.6 Å². The molecule has 3 rings (SSSR count). The lowest BCUT2D eigenvalue weighted by Crippen LogP contribution is -2.58. The highest BCUT2D eigenvalue weighted by Gasteiger charge is 2.47. The van der Waals surface area contributed by atoms with Gasteiger partial charge in [-0.2, -0.15) is 0 Å². The molecular formula is C40H58N2O8. The van der Waals surface area contributed by atoms with E-state index in [0.29, 0.717) is 5.56 Å². The highest BCUT2D eigenvalue weighted by atomic mass is 16.5. The molecule has 0 bridgehead atoms. The summed E-state index contributed by atoms with van der Waals surface area (Å²) in [5.74, 6) is 0.0443. The molecule has 1 amide bonds. The van der Waals surface area contributed by atoms with Crippen LogP contribution in [0.15, 0.2) is 41.0 Å². The van der Waals surface area contributed by atoms with Crippen LogP contribution in [-0.4, -0.2) is 79.9 Å². The van der Waals surface area contributed by atoms with Crippen LogP contribution in [0.1, 0.15) is 103 Å². The number of benzene rings is 1. The van der Waals surface area contributed by atoms with Crippen LogP contribution in [0.3, 0.4) is 0 Å². The van der Waals surface area contributed by atoms with E-state index in [-0.39, 0.29) is 123 Å². The highest BCUT2D eigenvalue weighted by molar-refractivity contribution is 6.09. The van der Waals surface area contributed by atoms with E-state index in [1.54, 1.807) is 18.3 Å². The summed E-state index contributed by atoms with van der Waals surface area (Å²) in [7, 11) is 0. The number of ketones is 4. The molecule has 10 nitrogen and oxygen atoms in total. The molecule has 1 aliphatic heterocycles. The van der Waals surface area contributed by atoms with E-state index in [2.05, 4.69) is 10.3 Å². The highest BCUT2D eigenvalue weighted by Crippen LogP contribution is 2.49. The fraction of sp³-hybridized carbons (Fsp3) is 0.650. The lowest BCUT2D eigenvalue weighted by atomic mass is 9.93. The quantitative estimate of drug-likeness (QED) is 0.130. The van der Waals surface area contributed by atoms with Crippen LogP contribution in [0, 0.1) is 35.5 Å². The zero-order chi connectivity index (χ0) is 37.0. The number of allylic oxidation sites excluding steroid dienone is 1. The lowest BCUT2D eigenvalue weighted by molar-refractivity contribution is -0.124. The van der Waals surface area contributed by atoms with Crippen molar-refractivity contribution in [2.45, 2.75) is 93.0 Å². The monoisotopic (exact) mass is 694 g/mol. The van der Waals surface area contributed by atoms with Gasteiger partial charge in [-0.15, -0.1) is 0 Å². The second-order valence-corrected chi connectivity index (χ2v) is 14.8. The first-order valence-corrected chi connectivity index (χ1v) is 18.3. The molecule has 10 heteroatoms. The Labute approximate surface area is 298 Å². The molecule has 1 aliphatic carbocycles. The largest absolute Gasteiger partial charge is 0.378 e. The van der Waals surface area contributed by atoms with Crippen molar-refractivity contribution in [3.8, 4) is 0 Å². The van der Waals surface area contributed by atoms with E-state index in [4.69, 9.17) is 14.2 Å². The molecule has 1 saturated carbocycles. The minimum atomic E-state index is -1.17. The average Bonchev–Trinajstić information content (AvgIpc) is 3.90. The number of Topliss-reactive ketones (excluding diaryl/α,β-unsaturated/α-hetero) is 4. The van der Waals surface area contributed by atoms with Crippen LogP contribution in [-0.2, 0) is 33.4 Å². The summed E-state index contributed by atoms with van der Waals surface area (Å²) in [6.07, 6.45) is 4.04. The van der Waals surface area contributed by atoms with Crippen molar-refractivity contribution in [1.82, 2.24) is 5.32 Å². The number of nitrogens with one attached hydrogen (secondary N) is 1. The third-order valence-corrected chi connectivity index (χ3v) is 9.58. The van der Waals surface area contributed by atoms with Gasteiger partial charge in [0.15, 0.2) is 5.78 Å². The molecule has 0 spiro atoms. The van der Waals surface area contributed by atoms with Crippen LogP contribution in [0.25, 0.3) is 0 Å². The van der Waals surface area contributed by atoms with Gasteiger partial charge in [-0.1, -0.05) is 67.5 Å². The van der Waals surface area contributed by atoms with E-state index >= 15 is 0 Å². The van der Waals surface area contributed by atoms with Gasteiger partial charge in [-0.3, -0.25) is 29.0 Å². The van der Waals surface area contributed by atoms with Gasteiger partial charge < -0.3 is 19.5 Å². The number of ether oxygens (including phenoxy) is 3. The summed E-state index contributed by atoms with van der Waals surface area (Å²) in [5, 5.41) is 3.09. The van der Waals surface area contributed by atoms with Crippen molar-refractivity contribution in [1.29, 1.82) is 0 Å². The van der Waals surface area contributed by atoms with Crippen LogP contribution in [0.4, 0.5) is 0 Å². The molecule has 3 unspecified atom stereocenters. The molecule has 0 saturated heterocycles. The number of hydrogen-bond acceptors (Lipinski definition) is 9. The zero-order valence-electron chi connectivity index (χ0n) is 31.3. The molecule has 1 aromatic rings. The molecule has 1 aromatic carbocycles. The number of nitrogens with zero attached hydrogens (tertiary/aromatic N) is 1. The second kappa shape index (κ2) is 19.3. The molecule has 1 fully saturated rings. The van der Waals surface area contributed by atoms with Crippen molar-refractivity contribution in [3.05, 3.63) is 47.2 Å². The van der Waals surface area contributed by atoms with Gasteiger partial charge in [0.05, 0.1) is 45.4 Å². The molecule has 0 aromatic heterocycles. The van der Waals surface area contributed by atoms with E-state index in [1.165, 1.54) is 0 Å². The second-order valence-electron chi connectivity index (χ2n) is 14.8. The molecule has 2 aliphatic rings. The minimum absolute atomic E-state index is 0.00942. The summed E-state index contributed by atoms with van der Waals surface area (Å²) >= 11 is 0.